The second-order valence-corrected chi connectivity index (χ2v) is 6.59. The van der Waals surface area contributed by atoms with Crippen LogP contribution in [0.1, 0.15) is 34.7 Å². The highest BCUT2D eigenvalue weighted by atomic mass is 16.2. The Morgan fingerprint density at radius 2 is 2.19 bits per heavy atom. The lowest BCUT2D eigenvalue weighted by atomic mass is 10.0. The number of hydrogen-bond acceptors (Lipinski definition) is 6. The van der Waals surface area contributed by atoms with Gasteiger partial charge in [0.2, 0.25) is 0 Å². The molecular weight excluding hydrogens is 342 g/mol. The number of amides is 1. The van der Waals surface area contributed by atoms with Gasteiger partial charge in [0.25, 0.3) is 11.7 Å². The second-order valence-electron chi connectivity index (χ2n) is 6.59. The Morgan fingerprint density at radius 3 is 3.04 bits per heavy atom. The second kappa shape index (κ2) is 7.03. The molecule has 0 spiro atoms. The smallest absolute Gasteiger partial charge is 0.270 e. The van der Waals surface area contributed by atoms with E-state index in [-0.39, 0.29) is 11.9 Å². The zero-order valence-electron chi connectivity index (χ0n) is 15.0. The molecule has 0 saturated carbocycles. The number of hydrogen-bond donors (Lipinski definition) is 1. The van der Waals surface area contributed by atoms with Crippen molar-refractivity contribution >= 4 is 17.4 Å². The Morgan fingerprint density at radius 1 is 1.33 bits per heavy atom. The van der Waals surface area contributed by atoms with Gasteiger partial charge in [-0.2, -0.15) is 14.8 Å². The van der Waals surface area contributed by atoms with Crippen molar-refractivity contribution in [3.8, 4) is 6.07 Å². The van der Waals surface area contributed by atoms with E-state index < -0.39 is 0 Å². The van der Waals surface area contributed by atoms with Gasteiger partial charge in [0.15, 0.2) is 0 Å². The fraction of sp³-hybridized carbons (Fsp3) is 0.316. The summed E-state index contributed by atoms with van der Waals surface area (Å²) in [4.78, 5) is 23.3. The predicted molar refractivity (Wildman–Crippen MR) is 99.4 cm³/mol. The van der Waals surface area contributed by atoms with Crippen molar-refractivity contribution in [2.24, 2.45) is 0 Å². The van der Waals surface area contributed by atoms with Crippen LogP contribution in [-0.2, 0) is 0 Å². The molecule has 27 heavy (non-hydrogen) atoms. The molecule has 2 aromatic heterocycles. The third-order valence-corrected chi connectivity index (χ3v) is 4.70. The van der Waals surface area contributed by atoms with Crippen LogP contribution in [0.25, 0.3) is 5.78 Å². The molecule has 4 rings (SSSR count). The van der Waals surface area contributed by atoms with Crippen LogP contribution >= 0.6 is 0 Å². The fourth-order valence-electron chi connectivity index (χ4n) is 3.48. The largest absolute Gasteiger partial charge is 0.368 e. The van der Waals surface area contributed by atoms with Gasteiger partial charge in [0, 0.05) is 25.3 Å². The number of fused-ring (bicyclic) bond motifs is 1. The number of aryl methyl sites for hydroxylation is 1. The van der Waals surface area contributed by atoms with Crippen molar-refractivity contribution in [1.82, 2.24) is 24.9 Å². The van der Waals surface area contributed by atoms with Crippen LogP contribution in [0.5, 0.6) is 0 Å². The lowest BCUT2D eigenvalue weighted by Crippen LogP contribution is -2.48. The van der Waals surface area contributed by atoms with Crippen LogP contribution < -0.4 is 10.2 Å². The van der Waals surface area contributed by atoms with Gasteiger partial charge in [0.1, 0.15) is 17.6 Å². The molecule has 3 aromatic rings. The molecule has 8 heteroatoms. The molecule has 1 fully saturated rings. The summed E-state index contributed by atoms with van der Waals surface area (Å²) in [7, 11) is 0. The third-order valence-electron chi connectivity index (χ3n) is 4.70. The molecule has 0 bridgehead atoms. The highest BCUT2D eigenvalue weighted by Crippen LogP contribution is 2.23. The standard InChI is InChI=1S/C19H19N7O/c1-13-22-19-21-9-8-17(26(19)24-13)18(27)23-15-6-4-10-25(12-15)16-7-3-2-5-14(16)11-20/h2-3,5,7-9,15H,4,6,10,12H2,1H3,(H,23,27). The average molecular weight is 361 g/mol. The van der Waals surface area contributed by atoms with Crippen molar-refractivity contribution in [1.29, 1.82) is 5.26 Å². The van der Waals surface area contributed by atoms with Gasteiger partial charge in [-0.1, -0.05) is 12.1 Å². The number of anilines is 1. The van der Waals surface area contributed by atoms with E-state index in [0.29, 0.717) is 29.4 Å². The van der Waals surface area contributed by atoms with E-state index in [1.165, 1.54) is 4.52 Å². The first-order chi connectivity index (χ1) is 13.2. The van der Waals surface area contributed by atoms with E-state index in [2.05, 4.69) is 31.4 Å². The molecule has 8 nitrogen and oxygen atoms in total. The lowest BCUT2D eigenvalue weighted by molar-refractivity contribution is 0.0925. The number of nitrogens with zero attached hydrogens (tertiary/aromatic N) is 6. The van der Waals surface area contributed by atoms with Gasteiger partial charge in [-0.15, -0.1) is 5.10 Å². The molecule has 0 aliphatic carbocycles. The normalized spacial score (nSPS) is 16.9. The summed E-state index contributed by atoms with van der Waals surface area (Å²) in [6.07, 6.45) is 3.40. The molecule has 1 unspecified atom stereocenters. The summed E-state index contributed by atoms with van der Waals surface area (Å²) >= 11 is 0. The number of rotatable bonds is 3. The summed E-state index contributed by atoms with van der Waals surface area (Å²) in [5.74, 6) is 0.779. The number of nitriles is 1. The van der Waals surface area contributed by atoms with Gasteiger partial charge in [-0.05, 0) is 38.0 Å². The Hall–Kier alpha value is -3.47. The fourth-order valence-corrected chi connectivity index (χ4v) is 3.48. The Bertz CT molecular complexity index is 1040. The molecule has 3 heterocycles. The number of carbonyl (C=O) groups is 1. The number of nitrogens with one attached hydrogen (secondary N) is 1. The first-order valence-corrected chi connectivity index (χ1v) is 8.89. The molecule has 1 aliphatic rings. The molecule has 1 aliphatic heterocycles. The van der Waals surface area contributed by atoms with Crippen LogP contribution in [0.2, 0.25) is 0 Å². The molecule has 1 N–H and O–H groups in total. The molecule has 1 saturated heterocycles. The van der Waals surface area contributed by atoms with E-state index in [9.17, 15) is 10.1 Å². The van der Waals surface area contributed by atoms with E-state index in [4.69, 9.17) is 0 Å². The van der Waals surface area contributed by atoms with Crippen LogP contribution in [0.3, 0.4) is 0 Å². The molecule has 1 amide bonds. The van der Waals surface area contributed by atoms with Gasteiger partial charge in [0.05, 0.1) is 11.3 Å². The summed E-state index contributed by atoms with van der Waals surface area (Å²) < 4.78 is 1.47. The number of benzene rings is 1. The minimum absolute atomic E-state index is 0.00849. The van der Waals surface area contributed by atoms with Gasteiger partial charge >= 0.3 is 0 Å². The van der Waals surface area contributed by atoms with Crippen molar-refractivity contribution in [2.75, 3.05) is 18.0 Å². The number of piperidine rings is 1. The summed E-state index contributed by atoms with van der Waals surface area (Å²) in [6, 6.07) is 11.4. The van der Waals surface area contributed by atoms with Crippen LogP contribution in [0.15, 0.2) is 36.5 Å². The Labute approximate surface area is 156 Å². The minimum atomic E-state index is -0.201. The van der Waals surface area contributed by atoms with Crippen molar-refractivity contribution in [3.05, 3.63) is 53.6 Å². The molecular formula is C19H19N7O. The maximum Gasteiger partial charge on any atom is 0.270 e. The van der Waals surface area contributed by atoms with Gasteiger partial charge in [-0.25, -0.2) is 4.98 Å². The first-order valence-electron chi connectivity index (χ1n) is 8.89. The summed E-state index contributed by atoms with van der Waals surface area (Å²) in [5.41, 5.74) is 1.98. The monoisotopic (exact) mass is 361 g/mol. The van der Waals surface area contributed by atoms with Crippen molar-refractivity contribution in [3.63, 3.8) is 0 Å². The number of carbonyl (C=O) groups excluding carboxylic acids is 1. The molecule has 0 radical (unpaired) electrons. The molecule has 1 atom stereocenters. The zero-order chi connectivity index (χ0) is 18.8. The SMILES string of the molecule is Cc1nc2nccc(C(=O)NC3CCCN(c4ccccc4C#N)C3)n2n1. The minimum Gasteiger partial charge on any atom is -0.368 e. The predicted octanol–water partition coefficient (Wildman–Crippen LogP) is 1.70. The summed E-state index contributed by atoms with van der Waals surface area (Å²) in [6.45, 7) is 3.30. The molecule has 1 aromatic carbocycles. The number of aromatic nitrogens is 4. The topological polar surface area (TPSA) is 99.2 Å². The van der Waals surface area contributed by atoms with Crippen LogP contribution in [0.4, 0.5) is 5.69 Å². The van der Waals surface area contributed by atoms with E-state index in [1.807, 2.05) is 24.3 Å². The van der Waals surface area contributed by atoms with Crippen molar-refractivity contribution < 1.29 is 4.79 Å². The van der Waals surface area contributed by atoms with E-state index >= 15 is 0 Å². The van der Waals surface area contributed by atoms with Crippen LogP contribution in [0, 0.1) is 18.3 Å². The number of para-hydroxylation sites is 1. The Kier molecular flexibility index (Phi) is 4.42. The summed E-state index contributed by atoms with van der Waals surface area (Å²) in [5, 5.41) is 16.7. The van der Waals surface area contributed by atoms with Gasteiger partial charge in [-0.3, -0.25) is 4.79 Å². The van der Waals surface area contributed by atoms with Gasteiger partial charge < -0.3 is 10.2 Å². The highest BCUT2D eigenvalue weighted by Gasteiger charge is 2.24. The van der Waals surface area contributed by atoms with E-state index in [1.54, 1.807) is 19.2 Å². The highest BCUT2D eigenvalue weighted by molar-refractivity contribution is 5.93. The first kappa shape index (κ1) is 17.0. The Balaban J connectivity index is 1.52. The third kappa shape index (κ3) is 3.31. The average Bonchev–Trinajstić information content (AvgIpc) is 3.08. The lowest BCUT2D eigenvalue weighted by Gasteiger charge is -2.35. The van der Waals surface area contributed by atoms with E-state index in [0.717, 1.165) is 25.1 Å². The maximum atomic E-state index is 12.8. The van der Waals surface area contributed by atoms with Crippen LogP contribution in [-0.4, -0.2) is 44.6 Å². The zero-order valence-corrected chi connectivity index (χ0v) is 15.0. The maximum absolute atomic E-state index is 12.8. The quantitative estimate of drug-likeness (QED) is 0.762. The van der Waals surface area contributed by atoms with Crippen molar-refractivity contribution in [2.45, 2.75) is 25.8 Å². The molecule has 136 valence electrons.